The van der Waals surface area contributed by atoms with Gasteiger partial charge in [0.2, 0.25) is 0 Å². The minimum absolute atomic E-state index is 0.273. The molecule has 1 radical (unpaired) electrons. The van der Waals surface area contributed by atoms with Crippen LogP contribution in [0, 0.1) is 0 Å². The lowest BCUT2D eigenvalue weighted by Gasteiger charge is -2.20. The van der Waals surface area contributed by atoms with Crippen molar-refractivity contribution in [2.45, 2.75) is 25.2 Å². The number of rotatable bonds is 8. The second-order valence-corrected chi connectivity index (χ2v) is 10.5. The van der Waals surface area contributed by atoms with Gasteiger partial charge in [-0.1, -0.05) is 49.5 Å². The zero-order valence-corrected chi connectivity index (χ0v) is 12.7. The molecule has 1 aromatic carbocycles. The molecule has 0 aliphatic rings. The van der Waals surface area contributed by atoms with Gasteiger partial charge in [-0.15, -0.1) is 6.58 Å². The molecule has 0 heterocycles. The number of allylic oxidation sites excluding steroid dienone is 2. The summed E-state index contributed by atoms with van der Waals surface area (Å²) in [7, 11) is -1.28. The van der Waals surface area contributed by atoms with Gasteiger partial charge in [0, 0.05) is 0 Å². The molecule has 19 heavy (non-hydrogen) atoms. The molecule has 0 spiro atoms. The maximum absolute atomic E-state index is 10.9. The van der Waals surface area contributed by atoms with Crippen molar-refractivity contribution in [3.05, 3.63) is 54.3 Å². The molecule has 0 atom stereocenters. The Morgan fingerprint density at radius 3 is 2.63 bits per heavy atom. The van der Waals surface area contributed by atoms with E-state index in [0.29, 0.717) is 6.61 Å². The highest BCUT2D eigenvalue weighted by Crippen LogP contribution is 2.16. The van der Waals surface area contributed by atoms with Crippen LogP contribution in [-0.2, 0) is 9.53 Å². The van der Waals surface area contributed by atoms with Crippen LogP contribution in [0.4, 0.5) is 0 Å². The first-order chi connectivity index (χ1) is 9.07. The third-order valence-corrected chi connectivity index (χ3v) is 5.88. The molecule has 0 amide bonds. The van der Waals surface area contributed by atoms with E-state index >= 15 is 0 Å². The summed E-state index contributed by atoms with van der Waals surface area (Å²) in [6.45, 7) is 8.94. The fourth-order valence-corrected chi connectivity index (χ4v) is 3.37. The second-order valence-electron chi connectivity index (χ2n) is 5.28. The zero-order valence-electron chi connectivity index (χ0n) is 11.7. The molecular weight excluding hydrogens is 252 g/mol. The third-order valence-electron chi connectivity index (χ3n) is 2.93. The lowest BCUT2D eigenvalue weighted by atomic mass is 10.2. The molecule has 0 aliphatic heterocycles. The van der Waals surface area contributed by atoms with E-state index in [9.17, 15) is 4.79 Å². The summed E-state index contributed by atoms with van der Waals surface area (Å²) < 4.78 is 5.52. The largest absolute Gasteiger partial charge is 0.490 e. The fraction of sp³-hybridized carbons (Fsp3) is 0.312. The Balaban J connectivity index is 2.52. The van der Waals surface area contributed by atoms with Crippen molar-refractivity contribution in [3.63, 3.8) is 0 Å². The van der Waals surface area contributed by atoms with E-state index < -0.39 is 8.07 Å². The fourth-order valence-electron chi connectivity index (χ4n) is 1.73. The number of hydrogen-bond acceptors (Lipinski definition) is 2. The van der Waals surface area contributed by atoms with Gasteiger partial charge in [-0.05, 0) is 23.7 Å². The van der Waals surface area contributed by atoms with Crippen LogP contribution in [0.1, 0.15) is 5.56 Å². The van der Waals surface area contributed by atoms with Gasteiger partial charge in [0.25, 0.3) is 6.29 Å². The molecule has 0 fully saturated rings. The van der Waals surface area contributed by atoms with Crippen molar-refractivity contribution >= 4 is 20.4 Å². The number of benzene rings is 1. The molecule has 2 nitrogen and oxygen atoms in total. The molecule has 3 heteroatoms. The molecule has 1 rings (SSSR count). The molecule has 0 N–H and O–H groups in total. The number of ether oxygens (including phenoxy) is 1. The van der Waals surface area contributed by atoms with Gasteiger partial charge in [0.1, 0.15) is 0 Å². The Bertz CT molecular complexity index is 435. The van der Waals surface area contributed by atoms with Crippen LogP contribution in [-0.4, -0.2) is 21.0 Å². The summed E-state index contributed by atoms with van der Waals surface area (Å²) in [6, 6.07) is 11.7. The van der Waals surface area contributed by atoms with Crippen LogP contribution < -0.4 is 0 Å². The third kappa shape index (κ3) is 6.20. The van der Waals surface area contributed by atoms with Gasteiger partial charge < -0.3 is 4.74 Å². The maximum Gasteiger partial charge on any atom is 0.271 e. The summed E-state index contributed by atoms with van der Waals surface area (Å²) in [6.07, 6.45) is 5.54. The quantitative estimate of drug-likeness (QED) is 0.309. The van der Waals surface area contributed by atoms with Crippen LogP contribution >= 0.6 is 0 Å². The van der Waals surface area contributed by atoms with Gasteiger partial charge in [0.05, 0.1) is 14.7 Å². The van der Waals surface area contributed by atoms with E-state index in [-0.39, 0.29) is 5.76 Å². The van der Waals surface area contributed by atoms with Crippen molar-refractivity contribution in [3.8, 4) is 0 Å². The summed E-state index contributed by atoms with van der Waals surface area (Å²) in [5.74, 6) is 0.273. The van der Waals surface area contributed by atoms with E-state index in [1.165, 1.54) is 0 Å². The maximum atomic E-state index is 10.9. The summed E-state index contributed by atoms with van der Waals surface area (Å²) >= 11 is 0. The summed E-state index contributed by atoms with van der Waals surface area (Å²) in [4.78, 5) is 10.9. The predicted octanol–water partition coefficient (Wildman–Crippen LogP) is 4.05. The molecule has 0 saturated heterocycles. The van der Waals surface area contributed by atoms with Gasteiger partial charge >= 0.3 is 0 Å². The SMILES string of the molecule is C=CC[Si](C)(C)CCOC([C]=O)=Cc1ccccc1. The number of hydrogen-bond donors (Lipinski definition) is 0. The van der Waals surface area contributed by atoms with Crippen molar-refractivity contribution < 1.29 is 9.53 Å². The van der Waals surface area contributed by atoms with Gasteiger partial charge in [-0.25, -0.2) is 0 Å². The monoisotopic (exact) mass is 273 g/mol. The van der Waals surface area contributed by atoms with Crippen LogP contribution in [0.5, 0.6) is 0 Å². The van der Waals surface area contributed by atoms with E-state index in [2.05, 4.69) is 19.7 Å². The van der Waals surface area contributed by atoms with Crippen LogP contribution in [0.25, 0.3) is 6.08 Å². The highest BCUT2D eigenvalue weighted by atomic mass is 28.3. The molecule has 1 aromatic rings. The Kier molecular flexibility index (Phi) is 6.29. The lowest BCUT2D eigenvalue weighted by Crippen LogP contribution is -2.25. The highest BCUT2D eigenvalue weighted by Gasteiger charge is 2.18. The van der Waals surface area contributed by atoms with Crippen LogP contribution in [0.15, 0.2) is 48.7 Å². The second kappa shape index (κ2) is 7.74. The van der Waals surface area contributed by atoms with E-state index in [4.69, 9.17) is 4.74 Å². The topological polar surface area (TPSA) is 26.3 Å². The van der Waals surface area contributed by atoms with Gasteiger partial charge in [0.15, 0.2) is 5.76 Å². The predicted molar refractivity (Wildman–Crippen MR) is 83.4 cm³/mol. The van der Waals surface area contributed by atoms with E-state index in [0.717, 1.165) is 17.7 Å². The first-order valence-corrected chi connectivity index (χ1v) is 9.87. The van der Waals surface area contributed by atoms with Crippen molar-refractivity contribution in [1.82, 2.24) is 0 Å². The lowest BCUT2D eigenvalue weighted by molar-refractivity contribution is 0.248. The van der Waals surface area contributed by atoms with Gasteiger partial charge in [-0.3, -0.25) is 4.79 Å². The Morgan fingerprint density at radius 2 is 2.05 bits per heavy atom. The standard InChI is InChI=1S/C16H21O2Si/c1-4-11-19(2,3)12-10-18-16(14-17)13-15-8-6-5-7-9-15/h4-9,13H,1,10-12H2,2-3H3. The Hall–Kier alpha value is -1.61. The summed E-state index contributed by atoms with van der Waals surface area (Å²) in [5, 5.41) is 0. The molecule has 0 aliphatic carbocycles. The average molecular weight is 273 g/mol. The average Bonchev–Trinajstić information content (AvgIpc) is 2.38. The molecule has 0 unspecified atom stereocenters. The number of carbonyl (C=O) groups excluding carboxylic acids is 1. The highest BCUT2D eigenvalue weighted by molar-refractivity contribution is 6.77. The Labute approximate surface area is 116 Å². The first kappa shape index (κ1) is 15.4. The normalized spacial score (nSPS) is 12.0. The minimum Gasteiger partial charge on any atom is -0.490 e. The van der Waals surface area contributed by atoms with E-state index in [1.54, 1.807) is 6.08 Å². The molecule has 0 aromatic heterocycles. The molecule has 101 valence electrons. The molecular formula is C16H21O2Si. The first-order valence-electron chi connectivity index (χ1n) is 6.46. The minimum atomic E-state index is -1.28. The zero-order chi connectivity index (χ0) is 14.1. The van der Waals surface area contributed by atoms with Crippen molar-refractivity contribution in [2.24, 2.45) is 0 Å². The summed E-state index contributed by atoms with van der Waals surface area (Å²) in [5.41, 5.74) is 0.948. The van der Waals surface area contributed by atoms with Gasteiger partial charge in [-0.2, -0.15) is 0 Å². The Morgan fingerprint density at radius 1 is 1.37 bits per heavy atom. The van der Waals surface area contributed by atoms with Crippen LogP contribution in [0.3, 0.4) is 0 Å². The van der Waals surface area contributed by atoms with Crippen LogP contribution in [0.2, 0.25) is 25.2 Å². The molecule has 0 bridgehead atoms. The van der Waals surface area contributed by atoms with E-state index in [1.807, 2.05) is 42.7 Å². The van der Waals surface area contributed by atoms with Crippen molar-refractivity contribution in [2.75, 3.05) is 6.61 Å². The smallest absolute Gasteiger partial charge is 0.271 e. The molecule has 0 saturated carbocycles. The van der Waals surface area contributed by atoms with Crippen molar-refractivity contribution in [1.29, 1.82) is 0 Å².